The van der Waals surface area contributed by atoms with Gasteiger partial charge in [0.15, 0.2) is 0 Å². The van der Waals surface area contributed by atoms with Gasteiger partial charge in [0.05, 0.1) is 5.54 Å². The van der Waals surface area contributed by atoms with E-state index in [9.17, 15) is 4.79 Å². The van der Waals surface area contributed by atoms with Gasteiger partial charge in [0.1, 0.15) is 6.29 Å². The van der Waals surface area contributed by atoms with Crippen LogP contribution < -0.4 is 5.32 Å². The van der Waals surface area contributed by atoms with Crippen molar-refractivity contribution in [1.82, 2.24) is 10.3 Å². The summed E-state index contributed by atoms with van der Waals surface area (Å²) in [4.78, 5) is 14.3. The van der Waals surface area contributed by atoms with Crippen LogP contribution in [-0.4, -0.2) is 23.9 Å². The van der Waals surface area contributed by atoms with Gasteiger partial charge in [-0.2, -0.15) is 0 Å². The standard InChI is InChI=1S/C13H15ClN2O/c1-13(8-17,15-2)6-9-7-16-12-5-10(14)3-4-11(9)12/h3-5,7-8,15-16H,6H2,1-2H3. The Morgan fingerprint density at radius 3 is 2.94 bits per heavy atom. The molecular weight excluding hydrogens is 236 g/mol. The molecule has 3 nitrogen and oxygen atoms in total. The van der Waals surface area contributed by atoms with Crippen molar-refractivity contribution >= 4 is 28.8 Å². The van der Waals surface area contributed by atoms with Crippen molar-refractivity contribution in [3.63, 3.8) is 0 Å². The smallest absolute Gasteiger partial charge is 0.140 e. The van der Waals surface area contributed by atoms with Crippen LogP contribution in [0.2, 0.25) is 5.02 Å². The fraction of sp³-hybridized carbons (Fsp3) is 0.308. The van der Waals surface area contributed by atoms with Crippen molar-refractivity contribution < 1.29 is 4.79 Å². The summed E-state index contributed by atoms with van der Waals surface area (Å²) in [6.45, 7) is 1.88. The maximum absolute atomic E-state index is 11.1. The quantitative estimate of drug-likeness (QED) is 0.819. The summed E-state index contributed by atoms with van der Waals surface area (Å²) in [5.74, 6) is 0. The van der Waals surface area contributed by atoms with Gasteiger partial charge in [-0.25, -0.2) is 0 Å². The largest absolute Gasteiger partial charge is 0.361 e. The molecule has 0 aliphatic rings. The van der Waals surface area contributed by atoms with Gasteiger partial charge < -0.3 is 15.1 Å². The Morgan fingerprint density at radius 2 is 2.29 bits per heavy atom. The molecule has 17 heavy (non-hydrogen) atoms. The van der Waals surface area contributed by atoms with Gasteiger partial charge >= 0.3 is 0 Å². The number of rotatable bonds is 4. The second-order valence-corrected chi connectivity index (χ2v) is 4.90. The summed E-state index contributed by atoms with van der Waals surface area (Å²) in [5.41, 5.74) is 1.58. The molecule has 2 aromatic rings. The summed E-state index contributed by atoms with van der Waals surface area (Å²) >= 11 is 5.93. The number of fused-ring (bicyclic) bond motifs is 1. The lowest BCUT2D eigenvalue weighted by molar-refractivity contribution is -0.112. The minimum absolute atomic E-state index is 0.533. The average Bonchev–Trinajstić information content (AvgIpc) is 2.71. The maximum atomic E-state index is 11.1. The monoisotopic (exact) mass is 250 g/mol. The number of H-pyrrole nitrogens is 1. The van der Waals surface area contributed by atoms with Gasteiger partial charge in [-0.05, 0) is 38.1 Å². The highest BCUT2D eigenvalue weighted by atomic mass is 35.5. The van der Waals surface area contributed by atoms with Crippen LogP contribution >= 0.6 is 11.6 Å². The third-order valence-corrected chi connectivity index (χ3v) is 3.35. The van der Waals surface area contributed by atoms with Gasteiger partial charge in [0.25, 0.3) is 0 Å². The highest BCUT2D eigenvalue weighted by Crippen LogP contribution is 2.24. The van der Waals surface area contributed by atoms with E-state index in [1.807, 2.05) is 31.3 Å². The molecular formula is C13H15ClN2O. The molecule has 2 rings (SSSR count). The van der Waals surface area contributed by atoms with Crippen molar-refractivity contribution in [3.8, 4) is 0 Å². The Hall–Kier alpha value is -1.32. The Labute approximate surface area is 105 Å². The number of aromatic nitrogens is 1. The first-order valence-corrected chi connectivity index (χ1v) is 5.86. The summed E-state index contributed by atoms with van der Waals surface area (Å²) < 4.78 is 0. The van der Waals surface area contributed by atoms with E-state index in [1.54, 1.807) is 7.05 Å². The molecule has 0 amide bonds. The molecule has 90 valence electrons. The average molecular weight is 251 g/mol. The molecule has 0 spiro atoms. The molecule has 2 N–H and O–H groups in total. The molecule has 0 fully saturated rings. The number of carbonyl (C=O) groups excluding carboxylic acids is 1. The van der Waals surface area contributed by atoms with Crippen LogP contribution in [0.25, 0.3) is 10.9 Å². The molecule has 0 saturated carbocycles. The first kappa shape index (κ1) is 12.1. The number of likely N-dealkylation sites (N-methyl/N-ethyl adjacent to an activating group) is 1. The van der Waals surface area contributed by atoms with E-state index in [0.717, 1.165) is 22.8 Å². The predicted molar refractivity (Wildman–Crippen MR) is 70.5 cm³/mol. The number of halogens is 1. The van der Waals surface area contributed by atoms with Crippen molar-refractivity contribution in [2.24, 2.45) is 0 Å². The van der Waals surface area contributed by atoms with Crippen LogP contribution in [0.5, 0.6) is 0 Å². The number of nitrogens with one attached hydrogen (secondary N) is 2. The van der Waals surface area contributed by atoms with Crippen molar-refractivity contribution in [2.45, 2.75) is 18.9 Å². The first-order chi connectivity index (χ1) is 8.08. The molecule has 0 aliphatic carbocycles. The zero-order chi connectivity index (χ0) is 12.5. The van der Waals surface area contributed by atoms with Gasteiger partial charge in [0, 0.05) is 22.1 Å². The number of carbonyl (C=O) groups is 1. The lowest BCUT2D eigenvalue weighted by atomic mass is 9.94. The summed E-state index contributed by atoms with van der Waals surface area (Å²) in [6, 6.07) is 5.72. The second kappa shape index (κ2) is 4.51. The van der Waals surface area contributed by atoms with E-state index in [-0.39, 0.29) is 0 Å². The van der Waals surface area contributed by atoms with Gasteiger partial charge in [-0.1, -0.05) is 17.7 Å². The molecule has 1 aromatic carbocycles. The molecule has 0 radical (unpaired) electrons. The van der Waals surface area contributed by atoms with E-state index in [2.05, 4.69) is 10.3 Å². The summed E-state index contributed by atoms with van der Waals surface area (Å²) in [5, 5.41) is 4.85. The third-order valence-electron chi connectivity index (χ3n) is 3.12. The fourth-order valence-electron chi connectivity index (χ4n) is 1.89. The molecule has 4 heteroatoms. The summed E-state index contributed by atoms with van der Waals surface area (Å²) in [6.07, 6.45) is 3.52. The van der Waals surface area contributed by atoms with Crippen LogP contribution in [0.1, 0.15) is 12.5 Å². The van der Waals surface area contributed by atoms with E-state index < -0.39 is 5.54 Å². The van der Waals surface area contributed by atoms with E-state index in [0.29, 0.717) is 11.4 Å². The van der Waals surface area contributed by atoms with E-state index in [4.69, 9.17) is 11.6 Å². The SMILES string of the molecule is CNC(C)(C=O)Cc1c[nH]c2cc(Cl)ccc12. The highest BCUT2D eigenvalue weighted by Gasteiger charge is 2.22. The Bertz CT molecular complexity index is 549. The number of hydrogen-bond acceptors (Lipinski definition) is 2. The lowest BCUT2D eigenvalue weighted by Gasteiger charge is -2.21. The van der Waals surface area contributed by atoms with Crippen LogP contribution in [-0.2, 0) is 11.2 Å². The number of aldehydes is 1. The summed E-state index contributed by atoms with van der Waals surface area (Å²) in [7, 11) is 1.79. The molecule has 1 unspecified atom stereocenters. The van der Waals surface area contributed by atoms with Gasteiger partial charge in [0.2, 0.25) is 0 Å². The number of aromatic amines is 1. The Balaban J connectivity index is 2.40. The Kier molecular flexibility index (Phi) is 3.22. The van der Waals surface area contributed by atoms with Crippen LogP contribution in [0, 0.1) is 0 Å². The normalized spacial score (nSPS) is 14.8. The second-order valence-electron chi connectivity index (χ2n) is 4.47. The number of hydrogen-bond donors (Lipinski definition) is 2. The zero-order valence-corrected chi connectivity index (χ0v) is 10.6. The minimum Gasteiger partial charge on any atom is -0.361 e. The van der Waals surface area contributed by atoms with Crippen molar-refractivity contribution in [1.29, 1.82) is 0 Å². The molecule has 1 atom stereocenters. The maximum Gasteiger partial charge on any atom is 0.140 e. The topological polar surface area (TPSA) is 44.9 Å². The lowest BCUT2D eigenvalue weighted by Crippen LogP contribution is -2.43. The fourth-order valence-corrected chi connectivity index (χ4v) is 2.06. The predicted octanol–water partition coefficient (Wildman–Crippen LogP) is 2.54. The molecule has 1 aromatic heterocycles. The zero-order valence-electron chi connectivity index (χ0n) is 9.88. The van der Waals surface area contributed by atoms with Crippen molar-refractivity contribution in [2.75, 3.05) is 7.05 Å². The molecule has 0 saturated heterocycles. The third kappa shape index (κ3) is 2.35. The molecule has 0 aliphatic heterocycles. The van der Waals surface area contributed by atoms with Crippen LogP contribution in [0.3, 0.4) is 0 Å². The van der Waals surface area contributed by atoms with Gasteiger partial charge in [-0.3, -0.25) is 0 Å². The number of benzene rings is 1. The Morgan fingerprint density at radius 1 is 1.53 bits per heavy atom. The van der Waals surface area contributed by atoms with E-state index in [1.165, 1.54) is 0 Å². The molecule has 0 bridgehead atoms. The molecule has 1 heterocycles. The first-order valence-electron chi connectivity index (χ1n) is 5.49. The van der Waals surface area contributed by atoms with Crippen LogP contribution in [0.4, 0.5) is 0 Å². The van der Waals surface area contributed by atoms with Gasteiger partial charge in [-0.15, -0.1) is 0 Å². The highest BCUT2D eigenvalue weighted by molar-refractivity contribution is 6.31. The van der Waals surface area contributed by atoms with Crippen LogP contribution in [0.15, 0.2) is 24.4 Å². The minimum atomic E-state index is -0.533. The van der Waals surface area contributed by atoms with Crippen molar-refractivity contribution in [3.05, 3.63) is 35.0 Å². The van der Waals surface area contributed by atoms with E-state index >= 15 is 0 Å².